The van der Waals surface area contributed by atoms with Crippen LogP contribution in [-0.2, 0) is 6.54 Å². The molecule has 1 fully saturated rings. The van der Waals surface area contributed by atoms with Crippen LogP contribution in [0.15, 0.2) is 12.4 Å². The van der Waals surface area contributed by atoms with Crippen molar-refractivity contribution in [3.63, 3.8) is 0 Å². The predicted molar refractivity (Wildman–Crippen MR) is 73.5 cm³/mol. The van der Waals surface area contributed by atoms with E-state index < -0.39 is 0 Å². The van der Waals surface area contributed by atoms with Crippen LogP contribution in [0.3, 0.4) is 0 Å². The van der Waals surface area contributed by atoms with E-state index in [0.717, 1.165) is 31.1 Å². The maximum atomic E-state index is 4.65. The highest BCUT2D eigenvalue weighted by Gasteiger charge is 2.23. The smallest absolute Gasteiger partial charge is 0.147 e. The summed E-state index contributed by atoms with van der Waals surface area (Å²) in [5, 5.41) is 4.43. The third-order valence-electron chi connectivity index (χ3n) is 2.77. The van der Waals surface area contributed by atoms with Crippen molar-refractivity contribution in [3.8, 4) is 0 Å². The Bertz CT molecular complexity index is 361. The third kappa shape index (κ3) is 3.33. The Morgan fingerprint density at radius 2 is 2.06 bits per heavy atom. The first-order chi connectivity index (χ1) is 8.19. The minimum atomic E-state index is 0.661. The standard InChI is InChI=1S/C12H20N4S/c1-9-7-16(8-10(2)17-9)12-6-14-5-11(15-12)4-13-3/h5-6,9-10,13H,4,7-8H2,1-3H3. The van der Waals surface area contributed by atoms with Crippen molar-refractivity contribution < 1.29 is 0 Å². The monoisotopic (exact) mass is 252 g/mol. The summed E-state index contributed by atoms with van der Waals surface area (Å²) in [4.78, 5) is 11.3. The number of rotatable bonds is 3. The predicted octanol–water partition coefficient (Wildman–Crippen LogP) is 1.53. The van der Waals surface area contributed by atoms with Crippen LogP contribution in [0.2, 0.25) is 0 Å². The molecule has 1 saturated heterocycles. The van der Waals surface area contributed by atoms with Crippen molar-refractivity contribution in [1.29, 1.82) is 0 Å². The van der Waals surface area contributed by atoms with Gasteiger partial charge in [0, 0.05) is 36.3 Å². The van der Waals surface area contributed by atoms with Gasteiger partial charge in [0.25, 0.3) is 0 Å². The molecule has 17 heavy (non-hydrogen) atoms. The van der Waals surface area contributed by atoms with E-state index >= 15 is 0 Å². The highest BCUT2D eigenvalue weighted by atomic mass is 32.2. The number of hydrogen-bond donors (Lipinski definition) is 1. The number of anilines is 1. The number of hydrogen-bond acceptors (Lipinski definition) is 5. The van der Waals surface area contributed by atoms with Gasteiger partial charge in [0.1, 0.15) is 5.82 Å². The first-order valence-electron chi connectivity index (χ1n) is 6.05. The molecule has 2 atom stereocenters. The summed E-state index contributed by atoms with van der Waals surface area (Å²) in [7, 11) is 1.93. The van der Waals surface area contributed by atoms with Crippen LogP contribution < -0.4 is 10.2 Å². The molecule has 4 nitrogen and oxygen atoms in total. The van der Waals surface area contributed by atoms with Gasteiger partial charge in [0.05, 0.1) is 11.9 Å². The molecule has 0 saturated carbocycles. The first kappa shape index (κ1) is 12.6. The van der Waals surface area contributed by atoms with Gasteiger partial charge in [-0.3, -0.25) is 4.98 Å². The molecule has 1 N–H and O–H groups in total. The van der Waals surface area contributed by atoms with Gasteiger partial charge in [0.15, 0.2) is 0 Å². The summed E-state index contributed by atoms with van der Waals surface area (Å²) in [6.45, 7) is 7.45. The Labute approximate surface area is 107 Å². The van der Waals surface area contributed by atoms with Gasteiger partial charge in [-0.05, 0) is 7.05 Å². The molecular weight excluding hydrogens is 232 g/mol. The molecule has 0 spiro atoms. The molecule has 1 aromatic rings. The summed E-state index contributed by atoms with van der Waals surface area (Å²) in [6.07, 6.45) is 3.69. The Morgan fingerprint density at radius 1 is 1.35 bits per heavy atom. The highest BCUT2D eigenvalue weighted by Crippen LogP contribution is 2.27. The largest absolute Gasteiger partial charge is 0.353 e. The second-order valence-corrected chi connectivity index (χ2v) is 6.44. The van der Waals surface area contributed by atoms with E-state index in [1.54, 1.807) is 0 Å². The lowest BCUT2D eigenvalue weighted by Crippen LogP contribution is -2.41. The molecule has 2 heterocycles. The van der Waals surface area contributed by atoms with Gasteiger partial charge in [-0.2, -0.15) is 11.8 Å². The lowest BCUT2D eigenvalue weighted by molar-refractivity contribution is 0.707. The zero-order chi connectivity index (χ0) is 12.3. The van der Waals surface area contributed by atoms with Gasteiger partial charge >= 0.3 is 0 Å². The molecule has 0 aliphatic carbocycles. The Kier molecular flexibility index (Phi) is 4.23. The maximum absolute atomic E-state index is 4.65. The van der Waals surface area contributed by atoms with E-state index in [9.17, 15) is 0 Å². The molecule has 0 radical (unpaired) electrons. The Balaban J connectivity index is 2.12. The van der Waals surface area contributed by atoms with E-state index in [-0.39, 0.29) is 0 Å². The average molecular weight is 252 g/mol. The molecule has 2 unspecified atom stereocenters. The molecule has 0 bridgehead atoms. The van der Waals surface area contributed by atoms with Gasteiger partial charge in [-0.25, -0.2) is 4.98 Å². The zero-order valence-electron chi connectivity index (χ0n) is 10.7. The lowest BCUT2D eigenvalue weighted by Gasteiger charge is -2.35. The lowest BCUT2D eigenvalue weighted by atomic mass is 10.3. The quantitative estimate of drug-likeness (QED) is 0.883. The fourth-order valence-corrected chi connectivity index (χ4v) is 3.50. The summed E-state index contributed by atoms with van der Waals surface area (Å²) >= 11 is 2.05. The molecule has 5 heteroatoms. The first-order valence-corrected chi connectivity index (χ1v) is 6.99. The average Bonchev–Trinajstić information content (AvgIpc) is 2.28. The second-order valence-electron chi connectivity index (χ2n) is 4.56. The van der Waals surface area contributed by atoms with Crippen LogP contribution in [0.4, 0.5) is 5.82 Å². The molecule has 2 rings (SSSR count). The van der Waals surface area contributed by atoms with Crippen LogP contribution in [-0.4, -0.2) is 40.6 Å². The van der Waals surface area contributed by atoms with E-state index in [2.05, 4.69) is 45.8 Å². The molecule has 94 valence electrons. The molecule has 1 aliphatic heterocycles. The van der Waals surface area contributed by atoms with Gasteiger partial charge in [-0.1, -0.05) is 13.8 Å². The molecule has 0 aromatic carbocycles. The number of nitrogens with one attached hydrogen (secondary N) is 1. The minimum absolute atomic E-state index is 0.661. The van der Waals surface area contributed by atoms with Gasteiger partial charge < -0.3 is 10.2 Å². The Hall–Kier alpha value is -0.810. The molecule has 1 aliphatic rings. The SMILES string of the molecule is CNCc1cncc(N2CC(C)SC(C)C2)n1. The van der Waals surface area contributed by atoms with E-state index in [1.807, 2.05) is 19.4 Å². The number of nitrogens with zero attached hydrogens (tertiary/aromatic N) is 3. The summed E-state index contributed by atoms with van der Waals surface area (Å²) in [5.41, 5.74) is 1.00. The van der Waals surface area contributed by atoms with Crippen molar-refractivity contribution in [1.82, 2.24) is 15.3 Å². The van der Waals surface area contributed by atoms with Crippen LogP contribution in [0.25, 0.3) is 0 Å². The fourth-order valence-electron chi connectivity index (χ4n) is 2.18. The normalized spacial score (nSPS) is 25.0. The summed E-state index contributed by atoms with van der Waals surface area (Å²) < 4.78 is 0. The van der Waals surface area contributed by atoms with Crippen LogP contribution in [0, 0.1) is 0 Å². The van der Waals surface area contributed by atoms with E-state index in [4.69, 9.17) is 0 Å². The van der Waals surface area contributed by atoms with E-state index in [1.165, 1.54) is 0 Å². The zero-order valence-corrected chi connectivity index (χ0v) is 11.5. The van der Waals surface area contributed by atoms with Gasteiger partial charge in [0.2, 0.25) is 0 Å². The van der Waals surface area contributed by atoms with Crippen molar-refractivity contribution >= 4 is 17.6 Å². The van der Waals surface area contributed by atoms with E-state index in [0.29, 0.717) is 10.5 Å². The van der Waals surface area contributed by atoms with Crippen molar-refractivity contribution in [2.45, 2.75) is 30.9 Å². The van der Waals surface area contributed by atoms with Crippen LogP contribution in [0.1, 0.15) is 19.5 Å². The fraction of sp³-hybridized carbons (Fsp3) is 0.667. The third-order valence-corrected chi connectivity index (χ3v) is 4.00. The maximum Gasteiger partial charge on any atom is 0.147 e. The topological polar surface area (TPSA) is 41.1 Å². The minimum Gasteiger partial charge on any atom is -0.353 e. The summed E-state index contributed by atoms with van der Waals surface area (Å²) in [5.74, 6) is 1.01. The molecular formula is C12H20N4S. The highest BCUT2D eigenvalue weighted by molar-refractivity contribution is 8.00. The molecule has 0 amide bonds. The second kappa shape index (κ2) is 5.69. The van der Waals surface area contributed by atoms with Crippen LogP contribution in [0.5, 0.6) is 0 Å². The number of thioether (sulfide) groups is 1. The van der Waals surface area contributed by atoms with Crippen LogP contribution >= 0.6 is 11.8 Å². The van der Waals surface area contributed by atoms with Gasteiger partial charge in [-0.15, -0.1) is 0 Å². The number of aromatic nitrogens is 2. The van der Waals surface area contributed by atoms with Crippen molar-refractivity contribution in [3.05, 3.63) is 18.1 Å². The van der Waals surface area contributed by atoms with Crippen molar-refractivity contribution in [2.75, 3.05) is 25.0 Å². The Morgan fingerprint density at radius 3 is 2.71 bits per heavy atom. The summed E-state index contributed by atoms with van der Waals surface area (Å²) in [6, 6.07) is 0. The van der Waals surface area contributed by atoms with Crippen molar-refractivity contribution in [2.24, 2.45) is 0 Å². The molecule has 1 aromatic heterocycles.